The normalized spacial score (nSPS) is 26.5. The van der Waals surface area contributed by atoms with Gasteiger partial charge >= 0.3 is 6.03 Å². The molecule has 5 rings (SSSR count). The van der Waals surface area contributed by atoms with Gasteiger partial charge in [0.2, 0.25) is 0 Å². The molecule has 1 spiro atoms. The number of fused-ring (bicyclic) bond motifs is 1. The van der Waals surface area contributed by atoms with Crippen LogP contribution < -0.4 is 4.90 Å². The summed E-state index contributed by atoms with van der Waals surface area (Å²) in [6.45, 7) is 3.21. The van der Waals surface area contributed by atoms with Gasteiger partial charge in [0, 0.05) is 44.0 Å². The molecular formula is C20H21N3O4. The summed E-state index contributed by atoms with van der Waals surface area (Å²) in [6.07, 6.45) is 2.93. The van der Waals surface area contributed by atoms with E-state index in [1.807, 2.05) is 0 Å². The largest absolute Gasteiger partial charge is 0.371 e. The van der Waals surface area contributed by atoms with Crippen LogP contribution in [0.2, 0.25) is 0 Å². The number of rotatable bonds is 3. The number of carbonyl (C=O) groups is 2. The molecule has 2 amide bonds. The number of Topliss-reactive ketones (excluding diaryl/α,β-unsaturated/α-hetero) is 1. The zero-order valence-electron chi connectivity index (χ0n) is 15.0. The van der Waals surface area contributed by atoms with Crippen molar-refractivity contribution in [1.82, 2.24) is 0 Å². The van der Waals surface area contributed by atoms with Gasteiger partial charge in [-0.3, -0.25) is 4.79 Å². The molecule has 1 aromatic rings. The van der Waals surface area contributed by atoms with Crippen LogP contribution in [0.5, 0.6) is 0 Å². The summed E-state index contributed by atoms with van der Waals surface area (Å²) >= 11 is 0. The molecular weight excluding hydrogens is 346 g/mol. The average Bonchev–Trinajstić information content (AvgIpc) is 3.35. The van der Waals surface area contributed by atoms with Gasteiger partial charge < -0.3 is 14.4 Å². The summed E-state index contributed by atoms with van der Waals surface area (Å²) in [7, 11) is 0. The Morgan fingerprint density at radius 3 is 2.41 bits per heavy atom. The van der Waals surface area contributed by atoms with Crippen LogP contribution in [-0.2, 0) is 20.7 Å². The molecule has 7 heteroatoms. The highest BCUT2D eigenvalue weighted by atomic mass is 16.7. The zero-order chi connectivity index (χ0) is 18.4. The van der Waals surface area contributed by atoms with Gasteiger partial charge in [0.25, 0.3) is 0 Å². The minimum absolute atomic E-state index is 0.0541. The SMILES string of the molecule is O=C1N=C2CC(Cc3ccc(N4CCC5(CC4)OCCO5)cc3)C(=O)C2=N1. The van der Waals surface area contributed by atoms with E-state index in [1.54, 1.807) is 0 Å². The summed E-state index contributed by atoms with van der Waals surface area (Å²) in [5, 5.41) is 0. The van der Waals surface area contributed by atoms with Crippen LogP contribution in [0.25, 0.3) is 0 Å². The van der Waals surface area contributed by atoms with Crippen LogP contribution in [0, 0.1) is 5.92 Å². The Kier molecular flexibility index (Phi) is 3.94. The van der Waals surface area contributed by atoms with Crippen molar-refractivity contribution >= 4 is 28.9 Å². The van der Waals surface area contributed by atoms with Crippen LogP contribution in [0.4, 0.5) is 10.5 Å². The lowest BCUT2D eigenvalue weighted by molar-refractivity contribution is -0.169. The molecule has 1 saturated carbocycles. The van der Waals surface area contributed by atoms with Gasteiger partial charge in [-0.2, -0.15) is 9.98 Å². The van der Waals surface area contributed by atoms with E-state index in [2.05, 4.69) is 39.2 Å². The Morgan fingerprint density at radius 2 is 1.74 bits per heavy atom. The maximum Gasteiger partial charge on any atom is 0.368 e. The molecule has 0 bridgehead atoms. The Labute approximate surface area is 157 Å². The first-order valence-corrected chi connectivity index (χ1v) is 9.49. The standard InChI is InChI=1S/C20H21N3O4/c24-18-14(12-16-17(18)22-19(25)21-16)11-13-1-3-15(4-2-13)23-7-5-20(6-8-23)26-9-10-27-20/h1-4,14H,5-12H2. The molecule has 3 heterocycles. The minimum atomic E-state index is -0.548. The number of aliphatic imine (C=N–C) groups is 2. The van der Waals surface area contributed by atoms with Crippen LogP contribution >= 0.6 is 0 Å². The summed E-state index contributed by atoms with van der Waals surface area (Å²) < 4.78 is 11.6. The molecule has 1 aliphatic carbocycles. The summed E-state index contributed by atoms with van der Waals surface area (Å²) in [4.78, 5) is 33.5. The van der Waals surface area contributed by atoms with E-state index in [-0.39, 0.29) is 23.2 Å². The number of ether oxygens (including phenoxy) is 2. The number of nitrogens with zero attached hydrogens (tertiary/aromatic N) is 3. The predicted molar refractivity (Wildman–Crippen MR) is 99.6 cm³/mol. The molecule has 3 aliphatic heterocycles. The monoisotopic (exact) mass is 367 g/mol. The number of ketones is 1. The van der Waals surface area contributed by atoms with E-state index < -0.39 is 6.03 Å². The lowest BCUT2D eigenvalue weighted by Crippen LogP contribution is -2.45. The number of amides is 2. The van der Waals surface area contributed by atoms with E-state index >= 15 is 0 Å². The van der Waals surface area contributed by atoms with Crippen molar-refractivity contribution in [3.63, 3.8) is 0 Å². The highest BCUT2D eigenvalue weighted by molar-refractivity contribution is 6.73. The van der Waals surface area contributed by atoms with Gasteiger partial charge in [-0.05, 0) is 24.1 Å². The Morgan fingerprint density at radius 1 is 1.04 bits per heavy atom. The third-order valence-electron chi connectivity index (χ3n) is 5.88. The van der Waals surface area contributed by atoms with Gasteiger partial charge in [-0.1, -0.05) is 12.1 Å². The molecule has 27 heavy (non-hydrogen) atoms. The van der Waals surface area contributed by atoms with Crippen molar-refractivity contribution in [1.29, 1.82) is 0 Å². The number of anilines is 1. The van der Waals surface area contributed by atoms with E-state index in [0.717, 1.165) is 31.5 Å². The molecule has 3 fully saturated rings. The molecule has 1 atom stereocenters. The fourth-order valence-corrected chi connectivity index (χ4v) is 4.40. The first-order valence-electron chi connectivity index (χ1n) is 9.49. The molecule has 140 valence electrons. The minimum Gasteiger partial charge on any atom is -0.371 e. The highest BCUT2D eigenvalue weighted by Crippen LogP contribution is 2.33. The molecule has 1 unspecified atom stereocenters. The molecule has 0 radical (unpaired) electrons. The first kappa shape index (κ1) is 16.8. The quantitative estimate of drug-likeness (QED) is 0.818. The number of benzene rings is 1. The lowest BCUT2D eigenvalue weighted by atomic mass is 9.96. The van der Waals surface area contributed by atoms with Gasteiger partial charge in [0.1, 0.15) is 5.71 Å². The van der Waals surface area contributed by atoms with Crippen molar-refractivity contribution in [3.8, 4) is 0 Å². The lowest BCUT2D eigenvalue weighted by Gasteiger charge is -2.38. The topological polar surface area (TPSA) is 80.6 Å². The van der Waals surface area contributed by atoms with E-state index in [1.165, 1.54) is 5.69 Å². The second kappa shape index (κ2) is 6.35. The number of hydrogen-bond acceptors (Lipinski definition) is 5. The molecule has 7 nitrogen and oxygen atoms in total. The predicted octanol–water partition coefficient (Wildman–Crippen LogP) is 2.18. The zero-order valence-corrected chi connectivity index (χ0v) is 15.0. The highest BCUT2D eigenvalue weighted by Gasteiger charge is 2.40. The number of carbonyl (C=O) groups excluding carboxylic acids is 2. The van der Waals surface area contributed by atoms with Crippen LogP contribution in [0.3, 0.4) is 0 Å². The Balaban J connectivity index is 1.21. The fourth-order valence-electron chi connectivity index (χ4n) is 4.40. The van der Waals surface area contributed by atoms with E-state index in [0.29, 0.717) is 31.8 Å². The fraction of sp³-hybridized carbons (Fsp3) is 0.500. The number of piperidine rings is 1. The molecule has 2 saturated heterocycles. The molecule has 0 aromatic heterocycles. The first-order chi connectivity index (χ1) is 13.1. The van der Waals surface area contributed by atoms with Crippen molar-refractivity contribution in [3.05, 3.63) is 29.8 Å². The Hall–Kier alpha value is -2.38. The van der Waals surface area contributed by atoms with Gasteiger partial charge in [0.15, 0.2) is 11.6 Å². The van der Waals surface area contributed by atoms with Gasteiger partial charge in [0.05, 0.1) is 18.9 Å². The maximum absolute atomic E-state index is 12.4. The summed E-state index contributed by atoms with van der Waals surface area (Å²) in [5.74, 6) is -0.570. The molecule has 4 aliphatic rings. The van der Waals surface area contributed by atoms with Gasteiger partial charge in [-0.15, -0.1) is 0 Å². The van der Waals surface area contributed by atoms with Crippen LogP contribution in [0.1, 0.15) is 24.8 Å². The maximum atomic E-state index is 12.4. The van der Waals surface area contributed by atoms with E-state index in [9.17, 15) is 9.59 Å². The second-order valence-electron chi connectivity index (χ2n) is 7.53. The van der Waals surface area contributed by atoms with Gasteiger partial charge in [-0.25, -0.2) is 4.79 Å². The molecule has 0 N–H and O–H groups in total. The molecule has 1 aromatic carbocycles. The number of urea groups is 1. The average molecular weight is 367 g/mol. The van der Waals surface area contributed by atoms with E-state index in [4.69, 9.17) is 9.47 Å². The third-order valence-corrected chi connectivity index (χ3v) is 5.88. The third kappa shape index (κ3) is 3.00. The summed E-state index contributed by atoms with van der Waals surface area (Å²) in [5.41, 5.74) is 3.13. The second-order valence-corrected chi connectivity index (χ2v) is 7.53. The van der Waals surface area contributed by atoms with Crippen molar-refractivity contribution in [2.24, 2.45) is 15.9 Å². The smallest absolute Gasteiger partial charge is 0.368 e. The number of hydrogen-bond donors (Lipinski definition) is 0. The Bertz CT molecular complexity index is 842. The van der Waals surface area contributed by atoms with Crippen molar-refractivity contribution < 1.29 is 19.1 Å². The van der Waals surface area contributed by atoms with Crippen LogP contribution in [-0.4, -0.2) is 55.3 Å². The van der Waals surface area contributed by atoms with Crippen molar-refractivity contribution in [2.45, 2.75) is 31.5 Å². The van der Waals surface area contributed by atoms with Crippen LogP contribution in [0.15, 0.2) is 34.3 Å². The van der Waals surface area contributed by atoms with Crippen molar-refractivity contribution in [2.75, 3.05) is 31.2 Å². The summed E-state index contributed by atoms with van der Waals surface area (Å²) in [6, 6.07) is 7.84.